The number of carbonyl (C=O) groups excluding carboxylic acids is 1. The number of aromatic amines is 1. The van der Waals surface area contributed by atoms with E-state index in [-0.39, 0.29) is 5.91 Å². The summed E-state index contributed by atoms with van der Waals surface area (Å²) in [6, 6.07) is 3.92. The van der Waals surface area contributed by atoms with Crippen LogP contribution in [0.15, 0.2) is 12.1 Å². The predicted octanol–water partition coefficient (Wildman–Crippen LogP) is 3.66. The number of nitrogens with one attached hydrogen (secondary N) is 2. The number of halogens is 1. The lowest BCUT2D eigenvalue weighted by atomic mass is 10.2. The molecule has 0 radical (unpaired) electrons. The van der Waals surface area contributed by atoms with Crippen LogP contribution in [0.2, 0.25) is 23.7 Å². The van der Waals surface area contributed by atoms with Crippen LogP contribution >= 0.6 is 11.6 Å². The molecule has 1 fully saturated rings. The van der Waals surface area contributed by atoms with Crippen LogP contribution in [0.1, 0.15) is 35.4 Å². The summed E-state index contributed by atoms with van der Waals surface area (Å²) in [6.45, 7) is 6.67. The Morgan fingerprint density at radius 2 is 2.18 bits per heavy atom. The normalized spacial score (nSPS) is 21.7. The fraction of sp³-hybridized carbons (Fsp3) is 0.500. The van der Waals surface area contributed by atoms with E-state index >= 15 is 0 Å². The average molecular weight is 336 g/mol. The third kappa shape index (κ3) is 3.06. The van der Waals surface area contributed by atoms with Crippen molar-refractivity contribution >= 4 is 37.3 Å². The first-order valence-electron chi connectivity index (χ1n) is 7.90. The lowest BCUT2D eigenvalue weighted by Gasteiger charge is -2.14. The lowest BCUT2D eigenvalue weighted by molar-refractivity contribution is 0.0933. The first-order chi connectivity index (χ1) is 10.4. The number of aryl methyl sites for hydroxylation is 1. The molecule has 2 aromatic heterocycles. The van der Waals surface area contributed by atoms with Gasteiger partial charge in [-0.3, -0.25) is 4.79 Å². The van der Waals surface area contributed by atoms with E-state index in [2.05, 4.69) is 28.4 Å². The standard InChI is InChI=1S/C16H22ClN3OSi/c1-9-6-13(17)12-8-14(20-15(12)18-9)16(21)19-10-4-5-11(7-10)22(2)3/h6,8,10-11,22H,4-5,7H2,1-3H3,(H,18,20)(H,19,21). The molecule has 2 aromatic rings. The number of rotatable bonds is 3. The Labute approximate surface area is 137 Å². The molecule has 1 aliphatic rings. The Hall–Kier alpha value is -1.33. The highest BCUT2D eigenvalue weighted by molar-refractivity contribution is 6.57. The maximum atomic E-state index is 12.4. The Bertz CT molecular complexity index is 713. The zero-order valence-corrected chi connectivity index (χ0v) is 15.2. The zero-order chi connectivity index (χ0) is 15.9. The molecule has 2 heterocycles. The van der Waals surface area contributed by atoms with Crippen LogP contribution in [-0.2, 0) is 0 Å². The van der Waals surface area contributed by atoms with Crippen LogP contribution in [-0.4, -0.2) is 30.7 Å². The fourth-order valence-electron chi connectivity index (χ4n) is 3.32. The van der Waals surface area contributed by atoms with Crippen molar-refractivity contribution in [2.75, 3.05) is 0 Å². The summed E-state index contributed by atoms with van der Waals surface area (Å²) in [6.07, 6.45) is 3.49. The molecule has 118 valence electrons. The second-order valence-corrected chi connectivity index (χ2v) is 10.5. The average Bonchev–Trinajstić information content (AvgIpc) is 3.05. The molecule has 1 aliphatic carbocycles. The molecule has 2 N–H and O–H groups in total. The van der Waals surface area contributed by atoms with Crippen molar-refractivity contribution in [3.63, 3.8) is 0 Å². The second-order valence-electron chi connectivity index (χ2n) is 6.68. The maximum Gasteiger partial charge on any atom is 0.267 e. The summed E-state index contributed by atoms with van der Waals surface area (Å²) >= 11 is 6.22. The molecule has 4 nitrogen and oxygen atoms in total. The quantitative estimate of drug-likeness (QED) is 0.841. The molecule has 3 rings (SSSR count). The minimum Gasteiger partial charge on any atom is -0.348 e. The van der Waals surface area contributed by atoms with Gasteiger partial charge in [-0.25, -0.2) is 4.98 Å². The van der Waals surface area contributed by atoms with Crippen molar-refractivity contribution in [2.45, 2.75) is 50.9 Å². The molecule has 6 heteroatoms. The third-order valence-electron chi connectivity index (χ3n) is 4.67. The van der Waals surface area contributed by atoms with Gasteiger partial charge in [0.2, 0.25) is 0 Å². The second kappa shape index (κ2) is 6.05. The molecule has 1 amide bonds. The highest BCUT2D eigenvalue weighted by atomic mass is 35.5. The number of hydrogen-bond donors (Lipinski definition) is 2. The summed E-state index contributed by atoms with van der Waals surface area (Å²) in [7, 11) is -0.604. The van der Waals surface area contributed by atoms with Gasteiger partial charge in [0.05, 0.1) is 5.02 Å². The lowest BCUT2D eigenvalue weighted by Crippen LogP contribution is -2.33. The van der Waals surface area contributed by atoms with E-state index in [0.717, 1.165) is 29.5 Å². The van der Waals surface area contributed by atoms with Gasteiger partial charge in [-0.15, -0.1) is 0 Å². The van der Waals surface area contributed by atoms with Crippen molar-refractivity contribution in [1.29, 1.82) is 0 Å². The van der Waals surface area contributed by atoms with Crippen LogP contribution in [0, 0.1) is 6.92 Å². The molecule has 0 aromatic carbocycles. The van der Waals surface area contributed by atoms with Crippen molar-refractivity contribution in [3.8, 4) is 0 Å². The van der Waals surface area contributed by atoms with Crippen molar-refractivity contribution in [2.24, 2.45) is 0 Å². The van der Waals surface area contributed by atoms with E-state index in [1.165, 1.54) is 6.42 Å². The van der Waals surface area contributed by atoms with E-state index in [9.17, 15) is 4.79 Å². The molecule has 0 saturated heterocycles. The molecule has 1 saturated carbocycles. The van der Waals surface area contributed by atoms with Gasteiger partial charge in [-0.1, -0.05) is 31.1 Å². The largest absolute Gasteiger partial charge is 0.348 e. The maximum absolute atomic E-state index is 12.4. The predicted molar refractivity (Wildman–Crippen MR) is 93.6 cm³/mol. The molecule has 2 unspecified atom stereocenters. The SMILES string of the molecule is Cc1cc(Cl)c2cc(C(=O)NC3CCC([SiH](C)C)C3)[nH]c2n1. The molecule has 0 bridgehead atoms. The van der Waals surface area contributed by atoms with Gasteiger partial charge in [0.15, 0.2) is 0 Å². The monoisotopic (exact) mass is 335 g/mol. The van der Waals surface area contributed by atoms with Crippen LogP contribution in [0.25, 0.3) is 11.0 Å². The van der Waals surface area contributed by atoms with Crippen LogP contribution < -0.4 is 5.32 Å². The Kier molecular flexibility index (Phi) is 4.28. The van der Waals surface area contributed by atoms with E-state index < -0.39 is 8.80 Å². The number of aromatic nitrogens is 2. The minimum absolute atomic E-state index is 0.0530. The molecule has 22 heavy (non-hydrogen) atoms. The van der Waals surface area contributed by atoms with Gasteiger partial charge >= 0.3 is 0 Å². The molecular formula is C16H22ClN3OSi. The first kappa shape index (κ1) is 15.6. The number of amides is 1. The Morgan fingerprint density at radius 1 is 1.41 bits per heavy atom. The van der Waals surface area contributed by atoms with Gasteiger partial charge < -0.3 is 10.3 Å². The summed E-state index contributed by atoms with van der Waals surface area (Å²) in [5.74, 6) is -0.0530. The number of hydrogen-bond acceptors (Lipinski definition) is 2. The third-order valence-corrected chi connectivity index (χ3v) is 7.48. The summed E-state index contributed by atoms with van der Waals surface area (Å²) in [5, 5.41) is 4.59. The van der Waals surface area contributed by atoms with Gasteiger partial charge in [0.25, 0.3) is 5.91 Å². The van der Waals surface area contributed by atoms with Gasteiger partial charge in [-0.2, -0.15) is 0 Å². The molecule has 2 atom stereocenters. The number of nitrogens with zero attached hydrogens (tertiary/aromatic N) is 1. The number of carbonyl (C=O) groups is 1. The van der Waals surface area contributed by atoms with E-state index in [0.29, 0.717) is 22.4 Å². The van der Waals surface area contributed by atoms with Crippen LogP contribution in [0.3, 0.4) is 0 Å². The molecular weight excluding hydrogens is 314 g/mol. The van der Waals surface area contributed by atoms with Gasteiger partial charge in [0, 0.05) is 25.9 Å². The van der Waals surface area contributed by atoms with Crippen molar-refractivity contribution < 1.29 is 4.79 Å². The molecule has 0 spiro atoms. The Balaban J connectivity index is 1.74. The summed E-state index contributed by atoms with van der Waals surface area (Å²) in [4.78, 5) is 19.9. The summed E-state index contributed by atoms with van der Waals surface area (Å²) < 4.78 is 0. The van der Waals surface area contributed by atoms with Gasteiger partial charge in [0.1, 0.15) is 11.3 Å². The number of pyridine rings is 1. The number of fused-ring (bicyclic) bond motifs is 1. The van der Waals surface area contributed by atoms with Crippen molar-refractivity contribution in [1.82, 2.24) is 15.3 Å². The van der Waals surface area contributed by atoms with Crippen LogP contribution in [0.5, 0.6) is 0 Å². The fourth-order valence-corrected chi connectivity index (χ4v) is 5.36. The van der Waals surface area contributed by atoms with E-state index in [1.807, 2.05) is 13.0 Å². The van der Waals surface area contributed by atoms with Gasteiger partial charge in [-0.05, 0) is 37.4 Å². The summed E-state index contributed by atoms with van der Waals surface area (Å²) in [5.41, 5.74) is 2.91. The smallest absolute Gasteiger partial charge is 0.267 e. The van der Waals surface area contributed by atoms with Crippen molar-refractivity contribution in [3.05, 3.63) is 28.5 Å². The topological polar surface area (TPSA) is 57.8 Å². The zero-order valence-electron chi connectivity index (χ0n) is 13.2. The highest BCUT2D eigenvalue weighted by Crippen LogP contribution is 2.33. The van der Waals surface area contributed by atoms with Crippen LogP contribution in [0.4, 0.5) is 0 Å². The highest BCUT2D eigenvalue weighted by Gasteiger charge is 2.28. The molecule has 0 aliphatic heterocycles. The minimum atomic E-state index is -0.604. The number of H-pyrrole nitrogens is 1. The van der Waals surface area contributed by atoms with E-state index in [1.54, 1.807) is 6.07 Å². The van der Waals surface area contributed by atoms with E-state index in [4.69, 9.17) is 11.6 Å². The first-order valence-corrected chi connectivity index (χ1v) is 11.3. The Morgan fingerprint density at radius 3 is 2.86 bits per heavy atom.